The van der Waals surface area contributed by atoms with E-state index >= 15 is 0 Å². The van der Waals surface area contributed by atoms with Crippen molar-refractivity contribution in [2.75, 3.05) is 45.2 Å². The number of hydrogen-bond acceptors (Lipinski definition) is 4. The van der Waals surface area contributed by atoms with Gasteiger partial charge in [-0.15, -0.1) is 0 Å². The normalized spacial score (nSPS) is 24.1. The number of pyridine rings is 1. The van der Waals surface area contributed by atoms with Crippen molar-refractivity contribution in [2.45, 2.75) is 12.8 Å². The first-order valence-corrected chi connectivity index (χ1v) is 8.24. The maximum Gasteiger partial charge on any atom is 0.250 e. The van der Waals surface area contributed by atoms with Crippen molar-refractivity contribution in [2.24, 2.45) is 12.5 Å². The second-order valence-electron chi connectivity index (χ2n) is 7.11. The standard InChI is InChI=1S/C17H24N4O3/c1-18(2)15(23)10-20-8-4-7-17(11-20)12-21(16(17)24)13-5-6-14(22)19(3)9-13/h5-6,9H,4,7-8,10-12H2,1-3H3/t17-/m0/s1. The summed E-state index contributed by atoms with van der Waals surface area (Å²) in [7, 11) is 5.18. The first-order valence-electron chi connectivity index (χ1n) is 8.24. The Bertz CT molecular complexity index is 727. The number of aryl methyl sites for hydroxylation is 1. The van der Waals surface area contributed by atoms with Gasteiger partial charge >= 0.3 is 0 Å². The molecule has 2 aliphatic rings. The summed E-state index contributed by atoms with van der Waals surface area (Å²) < 4.78 is 1.48. The minimum absolute atomic E-state index is 0.0636. The lowest BCUT2D eigenvalue weighted by atomic mass is 9.72. The van der Waals surface area contributed by atoms with Gasteiger partial charge in [0.25, 0.3) is 0 Å². The zero-order valence-electron chi connectivity index (χ0n) is 14.5. The van der Waals surface area contributed by atoms with E-state index in [1.165, 1.54) is 10.6 Å². The van der Waals surface area contributed by atoms with E-state index in [2.05, 4.69) is 4.90 Å². The van der Waals surface area contributed by atoms with Crippen LogP contribution in [-0.2, 0) is 16.6 Å². The van der Waals surface area contributed by atoms with Crippen LogP contribution in [0.1, 0.15) is 12.8 Å². The molecule has 24 heavy (non-hydrogen) atoms. The highest BCUT2D eigenvalue weighted by atomic mass is 16.2. The van der Waals surface area contributed by atoms with E-state index in [1.807, 2.05) is 0 Å². The molecule has 0 aromatic carbocycles. The van der Waals surface area contributed by atoms with Crippen LogP contribution in [0.4, 0.5) is 5.69 Å². The number of aromatic nitrogens is 1. The van der Waals surface area contributed by atoms with E-state index in [-0.39, 0.29) is 22.8 Å². The quantitative estimate of drug-likeness (QED) is 0.725. The lowest BCUT2D eigenvalue weighted by Gasteiger charge is -2.53. The van der Waals surface area contributed by atoms with Gasteiger partial charge in [-0.25, -0.2) is 0 Å². The molecule has 7 heteroatoms. The number of amides is 2. The summed E-state index contributed by atoms with van der Waals surface area (Å²) in [4.78, 5) is 41.6. The largest absolute Gasteiger partial charge is 0.348 e. The Hall–Kier alpha value is -2.15. The molecule has 0 unspecified atom stereocenters. The zero-order chi connectivity index (χ0) is 17.5. The predicted octanol–water partition coefficient (Wildman–Crippen LogP) is -0.0977. The van der Waals surface area contributed by atoms with Crippen LogP contribution >= 0.6 is 0 Å². The van der Waals surface area contributed by atoms with E-state index in [1.54, 1.807) is 43.2 Å². The van der Waals surface area contributed by atoms with Gasteiger partial charge < -0.3 is 14.4 Å². The van der Waals surface area contributed by atoms with Crippen molar-refractivity contribution in [3.05, 3.63) is 28.7 Å². The van der Waals surface area contributed by atoms with E-state index in [4.69, 9.17) is 0 Å². The molecule has 2 amide bonds. The molecule has 1 atom stereocenters. The lowest BCUT2D eigenvalue weighted by molar-refractivity contribution is -0.142. The van der Waals surface area contributed by atoms with Gasteiger partial charge in [0, 0.05) is 46.5 Å². The molecule has 0 bridgehead atoms. The van der Waals surface area contributed by atoms with Crippen molar-refractivity contribution < 1.29 is 9.59 Å². The Morgan fingerprint density at radius 3 is 2.62 bits per heavy atom. The van der Waals surface area contributed by atoms with Gasteiger partial charge in [0.15, 0.2) is 0 Å². The van der Waals surface area contributed by atoms with Crippen molar-refractivity contribution in [1.82, 2.24) is 14.4 Å². The number of hydrogen-bond donors (Lipinski definition) is 0. The van der Waals surface area contributed by atoms with E-state index in [0.717, 1.165) is 25.1 Å². The molecule has 0 radical (unpaired) electrons. The van der Waals surface area contributed by atoms with Crippen LogP contribution in [0.5, 0.6) is 0 Å². The number of carbonyl (C=O) groups excluding carboxylic acids is 2. The zero-order valence-corrected chi connectivity index (χ0v) is 14.5. The molecule has 0 saturated carbocycles. The number of likely N-dealkylation sites (N-methyl/N-ethyl adjacent to an activating group) is 1. The average molecular weight is 332 g/mol. The smallest absolute Gasteiger partial charge is 0.250 e. The summed E-state index contributed by atoms with van der Waals surface area (Å²) in [6.45, 7) is 2.50. The first kappa shape index (κ1) is 16.7. The maximum atomic E-state index is 12.8. The van der Waals surface area contributed by atoms with Gasteiger partial charge in [-0.3, -0.25) is 19.3 Å². The molecular formula is C17H24N4O3. The average Bonchev–Trinajstić information content (AvgIpc) is 2.55. The van der Waals surface area contributed by atoms with Crippen LogP contribution < -0.4 is 10.5 Å². The molecule has 3 heterocycles. The van der Waals surface area contributed by atoms with Crippen LogP contribution in [0.3, 0.4) is 0 Å². The Balaban J connectivity index is 1.69. The highest BCUT2D eigenvalue weighted by Crippen LogP contribution is 2.42. The summed E-state index contributed by atoms with van der Waals surface area (Å²) in [6, 6.07) is 3.18. The summed E-state index contributed by atoms with van der Waals surface area (Å²) in [5.74, 6) is 0.164. The van der Waals surface area contributed by atoms with Crippen LogP contribution in [0, 0.1) is 5.41 Å². The third-order valence-electron chi connectivity index (χ3n) is 5.06. The molecular weight excluding hydrogens is 308 g/mol. The minimum Gasteiger partial charge on any atom is -0.348 e. The molecule has 1 aromatic heterocycles. The number of carbonyl (C=O) groups is 2. The molecule has 2 fully saturated rings. The van der Waals surface area contributed by atoms with E-state index < -0.39 is 0 Å². The van der Waals surface area contributed by atoms with E-state index in [0.29, 0.717) is 19.6 Å². The van der Waals surface area contributed by atoms with Crippen LogP contribution in [-0.4, -0.2) is 66.5 Å². The summed E-state index contributed by atoms with van der Waals surface area (Å²) >= 11 is 0. The summed E-state index contributed by atoms with van der Waals surface area (Å²) in [5.41, 5.74) is 0.293. The van der Waals surface area contributed by atoms with Crippen molar-refractivity contribution in [3.8, 4) is 0 Å². The molecule has 1 aromatic rings. The molecule has 0 aliphatic carbocycles. The minimum atomic E-state index is -0.375. The Labute approximate surface area is 141 Å². The number of piperidine rings is 1. The predicted molar refractivity (Wildman–Crippen MR) is 90.8 cm³/mol. The molecule has 1 spiro atoms. The summed E-state index contributed by atoms with van der Waals surface area (Å²) in [5, 5.41) is 0. The van der Waals surface area contributed by atoms with Crippen molar-refractivity contribution >= 4 is 17.5 Å². The number of anilines is 1. The first-order chi connectivity index (χ1) is 11.3. The topological polar surface area (TPSA) is 65.9 Å². The third-order valence-corrected chi connectivity index (χ3v) is 5.06. The van der Waals surface area contributed by atoms with Crippen LogP contribution in [0.25, 0.3) is 0 Å². The maximum absolute atomic E-state index is 12.8. The van der Waals surface area contributed by atoms with Crippen LogP contribution in [0.2, 0.25) is 0 Å². The second kappa shape index (κ2) is 6.05. The Kier molecular flexibility index (Phi) is 4.21. The number of rotatable bonds is 3. The van der Waals surface area contributed by atoms with Crippen molar-refractivity contribution in [1.29, 1.82) is 0 Å². The second-order valence-corrected chi connectivity index (χ2v) is 7.11. The monoisotopic (exact) mass is 332 g/mol. The van der Waals surface area contributed by atoms with Gasteiger partial charge in [0.2, 0.25) is 17.4 Å². The fraction of sp³-hybridized carbons (Fsp3) is 0.588. The highest BCUT2D eigenvalue weighted by Gasteiger charge is 2.54. The Morgan fingerprint density at radius 2 is 2.00 bits per heavy atom. The molecule has 2 saturated heterocycles. The number of likely N-dealkylation sites (tertiary alicyclic amines) is 1. The Morgan fingerprint density at radius 1 is 1.25 bits per heavy atom. The van der Waals surface area contributed by atoms with Gasteiger partial charge in [-0.1, -0.05) is 0 Å². The third kappa shape index (κ3) is 2.84. The van der Waals surface area contributed by atoms with E-state index in [9.17, 15) is 14.4 Å². The molecule has 0 N–H and O–H groups in total. The number of β-lactam (4-membered cyclic amide) rings is 1. The van der Waals surface area contributed by atoms with Gasteiger partial charge in [-0.05, 0) is 25.5 Å². The van der Waals surface area contributed by atoms with Crippen molar-refractivity contribution in [3.63, 3.8) is 0 Å². The number of nitrogens with zero attached hydrogens (tertiary/aromatic N) is 4. The van der Waals surface area contributed by atoms with Gasteiger partial charge in [0.1, 0.15) is 0 Å². The van der Waals surface area contributed by atoms with Crippen LogP contribution in [0.15, 0.2) is 23.1 Å². The molecule has 130 valence electrons. The summed E-state index contributed by atoms with van der Waals surface area (Å²) in [6.07, 6.45) is 3.48. The fourth-order valence-corrected chi connectivity index (χ4v) is 3.58. The SMILES string of the molecule is CN(C)C(=O)CN1CCC[C@]2(C1)CN(c1ccc(=O)n(C)c1)C2=O. The fourth-order valence-electron chi connectivity index (χ4n) is 3.58. The van der Waals surface area contributed by atoms with Gasteiger partial charge in [0.05, 0.1) is 17.6 Å². The lowest BCUT2D eigenvalue weighted by Crippen LogP contribution is -2.67. The van der Waals surface area contributed by atoms with Gasteiger partial charge in [-0.2, -0.15) is 0 Å². The highest BCUT2D eigenvalue weighted by molar-refractivity contribution is 6.04. The molecule has 3 rings (SSSR count). The molecule has 2 aliphatic heterocycles. The molecule has 7 nitrogen and oxygen atoms in total.